The molecule has 0 fully saturated rings. The highest BCUT2D eigenvalue weighted by molar-refractivity contribution is 7.12. The number of ketones is 1. The SMILES string of the molecule is Cc1ccc2c(c1)CCCN2C(=O)CCC(=O)c1cc(C)sc1C. The van der Waals surface area contributed by atoms with Crippen LogP contribution in [0, 0.1) is 20.8 Å². The molecule has 3 rings (SSSR count). The first kappa shape index (κ1) is 16.9. The summed E-state index contributed by atoms with van der Waals surface area (Å²) in [5, 5.41) is 0. The molecule has 0 bridgehead atoms. The predicted octanol–water partition coefficient (Wildman–Crippen LogP) is 4.62. The van der Waals surface area contributed by atoms with Gasteiger partial charge in [-0.15, -0.1) is 11.3 Å². The van der Waals surface area contributed by atoms with E-state index < -0.39 is 0 Å². The number of rotatable bonds is 4. The van der Waals surface area contributed by atoms with Gasteiger partial charge in [0.2, 0.25) is 5.91 Å². The lowest BCUT2D eigenvalue weighted by molar-refractivity contribution is -0.118. The van der Waals surface area contributed by atoms with E-state index in [4.69, 9.17) is 0 Å². The quantitative estimate of drug-likeness (QED) is 0.761. The number of fused-ring (bicyclic) bond motifs is 1. The van der Waals surface area contributed by atoms with Gasteiger partial charge < -0.3 is 4.90 Å². The van der Waals surface area contributed by atoms with Crippen LogP contribution in [0.2, 0.25) is 0 Å². The Morgan fingerprint density at radius 2 is 1.92 bits per heavy atom. The van der Waals surface area contributed by atoms with Crippen molar-refractivity contribution < 1.29 is 9.59 Å². The number of aryl methyl sites for hydroxylation is 4. The molecular weight excluding hydrogens is 318 g/mol. The monoisotopic (exact) mass is 341 g/mol. The molecule has 0 saturated heterocycles. The summed E-state index contributed by atoms with van der Waals surface area (Å²) in [5.74, 6) is 0.129. The van der Waals surface area contributed by atoms with E-state index in [0.717, 1.165) is 40.4 Å². The molecule has 0 spiro atoms. The lowest BCUT2D eigenvalue weighted by Gasteiger charge is -2.29. The minimum atomic E-state index is 0.0535. The predicted molar refractivity (Wildman–Crippen MR) is 99.2 cm³/mol. The van der Waals surface area contributed by atoms with E-state index >= 15 is 0 Å². The highest BCUT2D eigenvalue weighted by atomic mass is 32.1. The molecule has 1 aromatic carbocycles. The van der Waals surface area contributed by atoms with Crippen LogP contribution in [-0.2, 0) is 11.2 Å². The molecule has 1 amide bonds. The van der Waals surface area contributed by atoms with Crippen molar-refractivity contribution in [3.63, 3.8) is 0 Å². The second kappa shape index (κ2) is 6.89. The second-order valence-corrected chi connectivity index (χ2v) is 7.99. The number of amides is 1. The summed E-state index contributed by atoms with van der Waals surface area (Å²) in [6.07, 6.45) is 2.57. The van der Waals surface area contributed by atoms with E-state index in [-0.39, 0.29) is 24.5 Å². The molecule has 1 aliphatic rings. The summed E-state index contributed by atoms with van der Waals surface area (Å²) in [6, 6.07) is 8.19. The molecule has 0 radical (unpaired) electrons. The number of Topliss-reactive ketones (excluding diaryl/α,β-unsaturated/α-hetero) is 1. The van der Waals surface area contributed by atoms with Crippen LogP contribution in [0.15, 0.2) is 24.3 Å². The van der Waals surface area contributed by atoms with Crippen LogP contribution in [-0.4, -0.2) is 18.2 Å². The third-order valence-corrected chi connectivity index (χ3v) is 5.53. The summed E-state index contributed by atoms with van der Waals surface area (Å²) >= 11 is 1.64. The summed E-state index contributed by atoms with van der Waals surface area (Å²) in [4.78, 5) is 29.1. The van der Waals surface area contributed by atoms with Gasteiger partial charge in [-0.3, -0.25) is 9.59 Å². The van der Waals surface area contributed by atoms with Crippen LogP contribution in [0.3, 0.4) is 0 Å². The molecule has 126 valence electrons. The highest BCUT2D eigenvalue weighted by Gasteiger charge is 2.23. The molecule has 0 unspecified atom stereocenters. The molecule has 0 saturated carbocycles. The van der Waals surface area contributed by atoms with E-state index in [1.54, 1.807) is 11.3 Å². The smallest absolute Gasteiger partial charge is 0.227 e. The maximum Gasteiger partial charge on any atom is 0.227 e. The Hall–Kier alpha value is -1.94. The van der Waals surface area contributed by atoms with Crippen molar-refractivity contribution in [3.8, 4) is 0 Å². The molecule has 0 N–H and O–H groups in total. The van der Waals surface area contributed by atoms with E-state index in [0.29, 0.717) is 0 Å². The Balaban J connectivity index is 1.68. The topological polar surface area (TPSA) is 37.4 Å². The van der Waals surface area contributed by atoms with Gasteiger partial charge in [0.05, 0.1) is 0 Å². The molecule has 0 aliphatic carbocycles. The van der Waals surface area contributed by atoms with Crippen molar-refractivity contribution in [1.82, 2.24) is 0 Å². The number of benzene rings is 1. The van der Waals surface area contributed by atoms with Gasteiger partial charge in [0.1, 0.15) is 0 Å². The fourth-order valence-corrected chi connectivity index (χ4v) is 4.33. The molecule has 3 nitrogen and oxygen atoms in total. The van der Waals surface area contributed by atoms with Crippen molar-refractivity contribution in [1.29, 1.82) is 0 Å². The Kier molecular flexibility index (Phi) is 4.86. The first-order chi connectivity index (χ1) is 11.5. The number of hydrogen-bond donors (Lipinski definition) is 0. The molecule has 1 aromatic heterocycles. The largest absolute Gasteiger partial charge is 0.312 e. The number of carbonyl (C=O) groups is 2. The maximum absolute atomic E-state index is 12.6. The molecule has 0 atom stereocenters. The lowest BCUT2D eigenvalue weighted by Crippen LogP contribution is -2.35. The number of hydrogen-bond acceptors (Lipinski definition) is 3. The van der Waals surface area contributed by atoms with Crippen molar-refractivity contribution in [2.24, 2.45) is 0 Å². The van der Waals surface area contributed by atoms with Gasteiger partial charge in [0, 0.05) is 40.4 Å². The maximum atomic E-state index is 12.6. The van der Waals surface area contributed by atoms with Gasteiger partial charge in [-0.05, 0) is 51.3 Å². The van der Waals surface area contributed by atoms with Gasteiger partial charge in [-0.1, -0.05) is 17.7 Å². The average Bonchev–Trinajstić information content (AvgIpc) is 2.90. The minimum absolute atomic E-state index is 0.0535. The van der Waals surface area contributed by atoms with Gasteiger partial charge in [-0.25, -0.2) is 0 Å². The molecule has 2 heterocycles. The molecule has 1 aliphatic heterocycles. The van der Waals surface area contributed by atoms with Crippen LogP contribution in [0.5, 0.6) is 0 Å². The summed E-state index contributed by atoms with van der Waals surface area (Å²) in [5.41, 5.74) is 4.26. The fourth-order valence-electron chi connectivity index (χ4n) is 3.38. The zero-order chi connectivity index (χ0) is 17.3. The zero-order valence-corrected chi connectivity index (χ0v) is 15.3. The average molecular weight is 341 g/mol. The van der Waals surface area contributed by atoms with Crippen LogP contribution in [0.4, 0.5) is 5.69 Å². The van der Waals surface area contributed by atoms with Gasteiger partial charge >= 0.3 is 0 Å². The van der Waals surface area contributed by atoms with E-state index in [1.165, 1.54) is 11.1 Å². The Morgan fingerprint density at radius 3 is 2.62 bits per heavy atom. The Labute approximate surface area is 147 Å². The first-order valence-electron chi connectivity index (χ1n) is 8.46. The van der Waals surface area contributed by atoms with Crippen LogP contribution < -0.4 is 4.90 Å². The van der Waals surface area contributed by atoms with Crippen LogP contribution in [0.25, 0.3) is 0 Å². The van der Waals surface area contributed by atoms with Crippen LogP contribution >= 0.6 is 11.3 Å². The molecule has 24 heavy (non-hydrogen) atoms. The van der Waals surface area contributed by atoms with Crippen molar-refractivity contribution in [2.75, 3.05) is 11.4 Å². The van der Waals surface area contributed by atoms with Crippen LogP contribution in [0.1, 0.15) is 50.5 Å². The summed E-state index contributed by atoms with van der Waals surface area (Å²) < 4.78 is 0. The van der Waals surface area contributed by atoms with E-state index in [2.05, 4.69) is 13.0 Å². The Morgan fingerprint density at radius 1 is 1.12 bits per heavy atom. The third-order valence-electron chi connectivity index (χ3n) is 4.56. The van der Waals surface area contributed by atoms with Crippen molar-refractivity contribution >= 4 is 28.7 Å². The molecule has 2 aromatic rings. The van der Waals surface area contributed by atoms with Crippen molar-refractivity contribution in [2.45, 2.75) is 46.5 Å². The normalized spacial score (nSPS) is 13.7. The second-order valence-electron chi connectivity index (χ2n) is 6.53. The van der Waals surface area contributed by atoms with E-state index in [1.807, 2.05) is 36.9 Å². The fraction of sp³-hybridized carbons (Fsp3) is 0.400. The zero-order valence-electron chi connectivity index (χ0n) is 14.5. The van der Waals surface area contributed by atoms with E-state index in [9.17, 15) is 9.59 Å². The summed E-state index contributed by atoms with van der Waals surface area (Å²) in [6.45, 7) is 6.80. The van der Waals surface area contributed by atoms with Gasteiger partial charge in [-0.2, -0.15) is 0 Å². The number of anilines is 1. The number of carbonyl (C=O) groups excluding carboxylic acids is 2. The third kappa shape index (κ3) is 3.44. The van der Waals surface area contributed by atoms with Crippen molar-refractivity contribution in [3.05, 3.63) is 50.7 Å². The number of thiophene rings is 1. The first-order valence-corrected chi connectivity index (χ1v) is 9.27. The lowest BCUT2D eigenvalue weighted by atomic mass is 9.99. The van der Waals surface area contributed by atoms with Gasteiger partial charge in [0.15, 0.2) is 5.78 Å². The molecular formula is C20H23NO2S. The number of nitrogens with zero attached hydrogens (tertiary/aromatic N) is 1. The van der Waals surface area contributed by atoms with Gasteiger partial charge in [0.25, 0.3) is 0 Å². The standard InChI is InChI=1S/C20H23NO2S/c1-13-6-7-18-16(11-13)5-4-10-21(18)20(23)9-8-19(22)17-12-14(2)24-15(17)3/h6-7,11-12H,4-5,8-10H2,1-3H3. The minimum Gasteiger partial charge on any atom is -0.312 e. The Bertz CT molecular complexity index is 791. The summed E-state index contributed by atoms with van der Waals surface area (Å²) in [7, 11) is 0. The molecule has 4 heteroatoms. The highest BCUT2D eigenvalue weighted by Crippen LogP contribution is 2.29.